The lowest BCUT2D eigenvalue weighted by Crippen LogP contribution is -2.55. The van der Waals surface area contributed by atoms with E-state index in [-0.39, 0.29) is 28.9 Å². The van der Waals surface area contributed by atoms with Crippen LogP contribution in [0.3, 0.4) is 0 Å². The van der Waals surface area contributed by atoms with Crippen molar-refractivity contribution >= 4 is 27.5 Å². The van der Waals surface area contributed by atoms with Gasteiger partial charge in [0.2, 0.25) is 15.9 Å². The maximum absolute atomic E-state index is 12.9. The lowest BCUT2D eigenvalue weighted by Gasteiger charge is -2.42. The molecule has 9 heteroatoms. The number of piperidine rings is 1. The van der Waals surface area contributed by atoms with Crippen LogP contribution in [0, 0.1) is 0 Å². The lowest BCUT2D eigenvalue weighted by atomic mass is 9.86. The van der Waals surface area contributed by atoms with Gasteiger partial charge in [-0.1, -0.05) is 23.7 Å². The molecule has 2 heterocycles. The Hall–Kier alpha value is -1.90. The Bertz CT molecular complexity index is 888. The molecule has 0 radical (unpaired) electrons. The normalized spacial score (nSPS) is 17.8. The van der Waals surface area contributed by atoms with Gasteiger partial charge in [0.15, 0.2) is 0 Å². The van der Waals surface area contributed by atoms with Crippen LogP contribution in [-0.2, 0) is 20.4 Å². The number of carbonyl (C=O) groups is 1. The molecule has 0 bridgehead atoms. The fourth-order valence-corrected chi connectivity index (χ4v) is 5.34. The average Bonchev–Trinajstić information content (AvgIpc) is 3.16. The van der Waals surface area contributed by atoms with Crippen LogP contribution in [0.4, 0.5) is 0 Å². The van der Waals surface area contributed by atoms with Crippen LogP contribution < -0.4 is 0 Å². The molecule has 0 N–H and O–H groups in total. The summed E-state index contributed by atoms with van der Waals surface area (Å²) in [6, 6.07) is 6.40. The van der Waals surface area contributed by atoms with E-state index < -0.39 is 15.6 Å². The van der Waals surface area contributed by atoms with Gasteiger partial charge >= 0.3 is 0 Å². The van der Waals surface area contributed by atoms with Crippen LogP contribution in [0.2, 0.25) is 5.02 Å². The number of sulfonamides is 1. The van der Waals surface area contributed by atoms with Crippen LogP contribution in [0.25, 0.3) is 0 Å². The smallest absolute Gasteiger partial charge is 0.248 e. The zero-order valence-corrected chi connectivity index (χ0v) is 16.2. The van der Waals surface area contributed by atoms with Crippen molar-refractivity contribution in [1.82, 2.24) is 18.8 Å². The van der Waals surface area contributed by atoms with E-state index >= 15 is 0 Å². The quantitative estimate of drug-likeness (QED) is 0.789. The highest BCUT2D eigenvalue weighted by Gasteiger charge is 2.46. The number of nitrogens with zero attached hydrogens (tertiary/aromatic N) is 4. The molecule has 0 spiro atoms. The number of carbonyl (C=O) groups excluding carboxylic acids is 1. The Morgan fingerprint density at radius 3 is 2.42 bits per heavy atom. The van der Waals surface area contributed by atoms with E-state index in [1.807, 2.05) is 0 Å². The van der Waals surface area contributed by atoms with Crippen molar-refractivity contribution in [3.63, 3.8) is 0 Å². The Morgan fingerprint density at radius 2 is 1.88 bits per heavy atom. The predicted molar refractivity (Wildman–Crippen MR) is 98.3 cm³/mol. The van der Waals surface area contributed by atoms with Crippen molar-refractivity contribution in [2.24, 2.45) is 0 Å². The van der Waals surface area contributed by atoms with Crippen LogP contribution in [-0.4, -0.2) is 60.3 Å². The number of imidazole rings is 1. The summed E-state index contributed by atoms with van der Waals surface area (Å²) in [5.41, 5.74) is -0.827. The molecule has 1 aromatic carbocycles. The molecule has 1 aliphatic rings. The summed E-state index contributed by atoms with van der Waals surface area (Å²) < 4.78 is 29.1. The highest BCUT2D eigenvalue weighted by Crippen LogP contribution is 2.35. The maximum atomic E-state index is 12.9. The highest BCUT2D eigenvalue weighted by atomic mass is 35.5. The van der Waals surface area contributed by atoms with Crippen LogP contribution >= 0.6 is 11.6 Å². The van der Waals surface area contributed by atoms with Gasteiger partial charge < -0.3 is 9.47 Å². The lowest BCUT2D eigenvalue weighted by molar-refractivity contribution is -0.140. The van der Waals surface area contributed by atoms with Crippen LogP contribution in [0.1, 0.15) is 12.8 Å². The van der Waals surface area contributed by atoms with Gasteiger partial charge in [0.05, 0.1) is 11.3 Å². The zero-order chi connectivity index (χ0) is 18.9. The minimum absolute atomic E-state index is 0.0645. The average molecular weight is 397 g/mol. The molecule has 2 aromatic rings. The number of aromatic nitrogens is 2. The molecule has 0 unspecified atom stereocenters. The van der Waals surface area contributed by atoms with E-state index in [2.05, 4.69) is 4.98 Å². The predicted octanol–water partition coefficient (Wildman–Crippen LogP) is 1.80. The van der Waals surface area contributed by atoms with E-state index in [4.69, 9.17) is 11.6 Å². The molecule has 0 aliphatic carbocycles. The van der Waals surface area contributed by atoms with Gasteiger partial charge in [0.25, 0.3) is 0 Å². The van der Waals surface area contributed by atoms with Crippen LogP contribution in [0.5, 0.6) is 0 Å². The first-order chi connectivity index (χ1) is 12.3. The number of halogens is 1. The van der Waals surface area contributed by atoms with Gasteiger partial charge in [-0.15, -0.1) is 0 Å². The Balaban J connectivity index is 1.89. The van der Waals surface area contributed by atoms with Gasteiger partial charge in [-0.05, 0) is 25.0 Å². The van der Waals surface area contributed by atoms with Crippen LogP contribution in [0.15, 0.2) is 47.9 Å². The first-order valence-electron chi connectivity index (χ1n) is 8.24. The SMILES string of the molecule is CN(C)C(=O)C1(n2ccnc2)CCN(S(=O)(=O)c2ccccc2Cl)CC1. The molecule has 0 atom stereocenters. The second-order valence-corrected chi connectivity index (χ2v) is 8.85. The number of amides is 1. The van der Waals surface area contributed by atoms with Gasteiger partial charge in [-0.2, -0.15) is 4.31 Å². The molecular weight excluding hydrogens is 376 g/mol. The zero-order valence-electron chi connectivity index (χ0n) is 14.7. The monoisotopic (exact) mass is 396 g/mol. The molecule has 1 aliphatic heterocycles. The molecule has 140 valence electrons. The van der Waals surface area contributed by atoms with E-state index in [1.165, 1.54) is 15.3 Å². The fourth-order valence-electron chi connectivity index (χ4n) is 3.40. The third-order valence-electron chi connectivity index (χ3n) is 4.81. The topological polar surface area (TPSA) is 75.5 Å². The number of likely N-dealkylation sites (N-methyl/N-ethyl adjacent to an activating group) is 1. The van der Waals surface area contributed by atoms with E-state index in [9.17, 15) is 13.2 Å². The van der Waals surface area contributed by atoms with Crippen molar-refractivity contribution in [1.29, 1.82) is 0 Å². The van der Waals surface area contributed by atoms with E-state index in [0.717, 1.165) is 0 Å². The summed E-state index contributed by atoms with van der Waals surface area (Å²) in [5, 5.41) is 0.198. The molecule has 1 aromatic heterocycles. The Kier molecular flexibility index (Phi) is 5.09. The van der Waals surface area contributed by atoms with Crippen molar-refractivity contribution in [3.8, 4) is 0 Å². The second kappa shape index (κ2) is 7.02. The summed E-state index contributed by atoms with van der Waals surface area (Å²) in [6.45, 7) is 0.455. The molecule has 1 amide bonds. The largest absolute Gasteiger partial charge is 0.347 e. The molecule has 3 rings (SSSR count). The van der Waals surface area contributed by atoms with Crippen molar-refractivity contribution in [2.75, 3.05) is 27.2 Å². The van der Waals surface area contributed by atoms with Gasteiger partial charge in [0, 0.05) is 39.6 Å². The van der Waals surface area contributed by atoms with Gasteiger partial charge in [-0.25, -0.2) is 13.4 Å². The molecule has 0 saturated carbocycles. The minimum atomic E-state index is -3.71. The first kappa shape index (κ1) is 18.9. The number of benzene rings is 1. The number of rotatable bonds is 4. The van der Waals surface area contributed by atoms with Crippen molar-refractivity contribution in [2.45, 2.75) is 23.3 Å². The van der Waals surface area contributed by atoms with Gasteiger partial charge in [-0.3, -0.25) is 4.79 Å². The maximum Gasteiger partial charge on any atom is 0.248 e. The summed E-state index contributed by atoms with van der Waals surface area (Å²) in [4.78, 5) is 18.6. The standard InChI is InChI=1S/C17H21ClN4O3S/c1-20(2)16(23)17(21-12-9-19-13-21)7-10-22(11-8-17)26(24,25)15-6-4-3-5-14(15)18/h3-6,9,12-13H,7-8,10-11H2,1-2H3. The van der Waals surface area contributed by atoms with E-state index in [0.29, 0.717) is 12.8 Å². The summed E-state index contributed by atoms with van der Waals surface area (Å²) in [6.07, 6.45) is 5.71. The Morgan fingerprint density at radius 1 is 1.23 bits per heavy atom. The molecule has 1 fully saturated rings. The van der Waals surface area contributed by atoms with Gasteiger partial charge in [0.1, 0.15) is 10.4 Å². The fraction of sp³-hybridized carbons (Fsp3) is 0.412. The summed E-state index contributed by atoms with van der Waals surface area (Å²) >= 11 is 6.08. The Labute approximate surface area is 158 Å². The summed E-state index contributed by atoms with van der Waals surface area (Å²) in [5.74, 6) is -0.0645. The third kappa shape index (κ3) is 3.13. The minimum Gasteiger partial charge on any atom is -0.347 e. The number of hydrogen-bond donors (Lipinski definition) is 0. The van der Waals surface area contributed by atoms with E-state index in [1.54, 1.807) is 55.6 Å². The summed E-state index contributed by atoms with van der Waals surface area (Å²) in [7, 11) is -0.302. The second-order valence-electron chi connectivity index (χ2n) is 6.54. The third-order valence-corrected chi connectivity index (χ3v) is 7.21. The van der Waals surface area contributed by atoms with Crippen molar-refractivity contribution < 1.29 is 13.2 Å². The highest BCUT2D eigenvalue weighted by molar-refractivity contribution is 7.89. The first-order valence-corrected chi connectivity index (χ1v) is 10.1. The molecule has 7 nitrogen and oxygen atoms in total. The molecule has 1 saturated heterocycles. The number of hydrogen-bond acceptors (Lipinski definition) is 4. The molecular formula is C17H21ClN4O3S. The van der Waals surface area contributed by atoms with Crippen molar-refractivity contribution in [3.05, 3.63) is 48.0 Å². The molecule has 26 heavy (non-hydrogen) atoms.